The van der Waals surface area contributed by atoms with E-state index in [9.17, 15) is 9.59 Å². The number of rotatable bonds is 6. The van der Waals surface area contributed by atoms with E-state index in [-0.39, 0.29) is 17.7 Å². The zero-order valence-electron chi connectivity index (χ0n) is 17.8. The van der Waals surface area contributed by atoms with E-state index in [0.717, 1.165) is 41.3 Å². The largest absolute Gasteiger partial charge is 0.352 e. The van der Waals surface area contributed by atoms with Crippen LogP contribution in [0.5, 0.6) is 0 Å². The number of hydrogen-bond acceptors (Lipinski definition) is 3. The van der Waals surface area contributed by atoms with Gasteiger partial charge < -0.3 is 10.2 Å². The third-order valence-electron chi connectivity index (χ3n) is 5.99. The molecule has 0 spiro atoms. The van der Waals surface area contributed by atoms with Crippen molar-refractivity contribution in [3.8, 4) is 0 Å². The van der Waals surface area contributed by atoms with Gasteiger partial charge in [-0.25, -0.2) is 0 Å². The predicted octanol–water partition coefficient (Wildman–Crippen LogP) is 4.66. The molecule has 1 atom stereocenters. The fraction of sp³-hybridized carbons (Fsp3) is 0.308. The van der Waals surface area contributed by atoms with Gasteiger partial charge in [0.25, 0.3) is 0 Å². The van der Waals surface area contributed by atoms with Crippen molar-refractivity contribution in [1.29, 1.82) is 0 Å². The highest BCUT2D eigenvalue weighted by molar-refractivity contribution is 7.98. The van der Waals surface area contributed by atoms with Crippen LogP contribution in [0.2, 0.25) is 0 Å². The molecule has 1 saturated heterocycles. The Kier molecular flexibility index (Phi) is 6.92. The Morgan fingerprint density at radius 3 is 2.61 bits per heavy atom. The van der Waals surface area contributed by atoms with Crippen molar-refractivity contribution < 1.29 is 9.59 Å². The molecule has 2 amide bonds. The van der Waals surface area contributed by atoms with Gasteiger partial charge in [-0.2, -0.15) is 0 Å². The number of fused-ring (bicyclic) bond motifs is 1. The van der Waals surface area contributed by atoms with Crippen molar-refractivity contribution >= 4 is 34.3 Å². The van der Waals surface area contributed by atoms with Gasteiger partial charge in [-0.15, -0.1) is 11.8 Å². The number of carbonyl (C=O) groups is 2. The van der Waals surface area contributed by atoms with E-state index in [1.165, 1.54) is 4.90 Å². The van der Waals surface area contributed by atoms with Crippen LogP contribution in [0.15, 0.2) is 71.6 Å². The van der Waals surface area contributed by atoms with E-state index in [1.54, 1.807) is 11.8 Å². The van der Waals surface area contributed by atoms with Crippen molar-refractivity contribution in [3.63, 3.8) is 0 Å². The third-order valence-corrected chi connectivity index (χ3v) is 6.74. The Morgan fingerprint density at radius 2 is 1.81 bits per heavy atom. The molecule has 0 radical (unpaired) electrons. The molecule has 1 fully saturated rings. The highest BCUT2D eigenvalue weighted by Crippen LogP contribution is 2.22. The number of nitrogens with one attached hydrogen (secondary N) is 1. The second-order valence-corrected chi connectivity index (χ2v) is 8.94. The third kappa shape index (κ3) is 5.28. The molecule has 0 aromatic heterocycles. The molecule has 4 rings (SSSR count). The first kappa shape index (κ1) is 21.4. The van der Waals surface area contributed by atoms with E-state index >= 15 is 0 Å². The maximum atomic E-state index is 13.0. The number of hydrogen-bond donors (Lipinski definition) is 1. The van der Waals surface area contributed by atoms with Gasteiger partial charge in [-0.3, -0.25) is 9.59 Å². The molecule has 1 heterocycles. The number of amides is 2. The molecule has 160 valence electrons. The van der Waals surface area contributed by atoms with Gasteiger partial charge in [-0.05, 0) is 53.1 Å². The molecule has 4 nitrogen and oxygen atoms in total. The first-order chi connectivity index (χ1) is 15.1. The minimum Gasteiger partial charge on any atom is -0.352 e. The molecule has 0 aliphatic carbocycles. The van der Waals surface area contributed by atoms with Crippen LogP contribution in [0.1, 0.15) is 24.0 Å². The lowest BCUT2D eigenvalue weighted by atomic mass is 9.95. The summed E-state index contributed by atoms with van der Waals surface area (Å²) in [4.78, 5) is 28.8. The second-order valence-electron chi connectivity index (χ2n) is 8.06. The van der Waals surface area contributed by atoms with Gasteiger partial charge in [0.15, 0.2) is 0 Å². The van der Waals surface area contributed by atoms with E-state index < -0.39 is 0 Å². The summed E-state index contributed by atoms with van der Waals surface area (Å²) in [6.07, 6.45) is 4.11. The average Bonchev–Trinajstić information content (AvgIpc) is 2.83. The van der Waals surface area contributed by atoms with Crippen molar-refractivity contribution in [1.82, 2.24) is 10.2 Å². The maximum Gasteiger partial charge on any atom is 0.227 e. The van der Waals surface area contributed by atoms with E-state index in [0.29, 0.717) is 19.5 Å². The molecule has 1 aliphatic heterocycles. The molecular weight excluding hydrogens is 404 g/mol. The fourth-order valence-corrected chi connectivity index (χ4v) is 4.62. The molecule has 0 saturated carbocycles. The van der Waals surface area contributed by atoms with E-state index in [1.807, 2.05) is 47.6 Å². The highest BCUT2D eigenvalue weighted by atomic mass is 32.2. The Balaban J connectivity index is 1.34. The van der Waals surface area contributed by atoms with Crippen LogP contribution >= 0.6 is 11.8 Å². The molecule has 1 aliphatic rings. The van der Waals surface area contributed by atoms with Crippen LogP contribution in [0.3, 0.4) is 0 Å². The van der Waals surface area contributed by atoms with Gasteiger partial charge in [0, 0.05) is 24.5 Å². The normalized spacial score (nSPS) is 16.3. The van der Waals surface area contributed by atoms with Crippen molar-refractivity contribution in [2.45, 2.75) is 30.7 Å². The molecular formula is C26H28N2O2S. The standard InChI is InChI=1S/C26H28N2O2S/c1-31-23-13-11-19(12-14-23)17-27-26(30)22-9-5-15-28(18-22)25(29)16-21-8-4-7-20-6-2-3-10-24(20)21/h2-4,6-8,10-14,22H,5,9,15-18H2,1H3,(H,27,30)/t22-/m1/s1. The Hall–Kier alpha value is -2.79. The zero-order chi connectivity index (χ0) is 21.6. The maximum absolute atomic E-state index is 13.0. The second kappa shape index (κ2) is 10.0. The summed E-state index contributed by atoms with van der Waals surface area (Å²) in [7, 11) is 0. The number of thioether (sulfide) groups is 1. The number of likely N-dealkylation sites (tertiary alicyclic amines) is 1. The summed E-state index contributed by atoms with van der Waals surface area (Å²) in [5.41, 5.74) is 2.13. The SMILES string of the molecule is CSc1ccc(CNC(=O)[C@@H]2CCCN(C(=O)Cc3cccc4ccccc34)C2)cc1. The fourth-order valence-electron chi connectivity index (χ4n) is 4.22. The van der Waals surface area contributed by atoms with E-state index in [2.05, 4.69) is 35.6 Å². The van der Waals surface area contributed by atoms with Crippen LogP contribution < -0.4 is 5.32 Å². The van der Waals surface area contributed by atoms with E-state index in [4.69, 9.17) is 0 Å². The predicted molar refractivity (Wildman–Crippen MR) is 127 cm³/mol. The lowest BCUT2D eigenvalue weighted by Gasteiger charge is -2.32. The monoisotopic (exact) mass is 432 g/mol. The van der Waals surface area contributed by atoms with Crippen LogP contribution in [0, 0.1) is 5.92 Å². The Bertz CT molecular complexity index is 1060. The average molecular weight is 433 g/mol. The molecule has 0 unspecified atom stereocenters. The summed E-state index contributed by atoms with van der Waals surface area (Å²) < 4.78 is 0. The van der Waals surface area contributed by atoms with Gasteiger partial charge >= 0.3 is 0 Å². The Morgan fingerprint density at radius 1 is 1.03 bits per heavy atom. The smallest absolute Gasteiger partial charge is 0.227 e. The quantitative estimate of drug-likeness (QED) is 0.577. The van der Waals surface area contributed by atoms with Crippen LogP contribution in [0.4, 0.5) is 0 Å². The topological polar surface area (TPSA) is 49.4 Å². The number of piperidine rings is 1. The summed E-state index contributed by atoms with van der Waals surface area (Å²) in [5, 5.41) is 5.33. The minimum absolute atomic E-state index is 0.0385. The lowest BCUT2D eigenvalue weighted by Crippen LogP contribution is -2.45. The summed E-state index contributed by atoms with van der Waals surface area (Å²) >= 11 is 1.70. The highest BCUT2D eigenvalue weighted by Gasteiger charge is 2.28. The molecule has 3 aromatic rings. The van der Waals surface area contributed by atoms with Crippen molar-refractivity contribution in [2.24, 2.45) is 5.92 Å². The summed E-state index contributed by atoms with van der Waals surface area (Å²) in [6, 6.07) is 22.5. The first-order valence-corrected chi connectivity index (χ1v) is 12.0. The molecule has 5 heteroatoms. The van der Waals surface area contributed by atoms with Gasteiger partial charge in [0.2, 0.25) is 11.8 Å². The molecule has 1 N–H and O–H groups in total. The first-order valence-electron chi connectivity index (χ1n) is 10.8. The van der Waals surface area contributed by atoms with Gasteiger partial charge in [0.05, 0.1) is 12.3 Å². The van der Waals surface area contributed by atoms with Gasteiger partial charge in [0.1, 0.15) is 0 Å². The summed E-state index contributed by atoms with van der Waals surface area (Å²) in [5.74, 6) is -0.00574. The van der Waals surface area contributed by atoms with Crippen LogP contribution in [-0.2, 0) is 22.6 Å². The minimum atomic E-state index is -0.143. The van der Waals surface area contributed by atoms with Crippen LogP contribution in [-0.4, -0.2) is 36.1 Å². The van der Waals surface area contributed by atoms with Crippen molar-refractivity contribution in [2.75, 3.05) is 19.3 Å². The molecule has 31 heavy (non-hydrogen) atoms. The summed E-state index contributed by atoms with van der Waals surface area (Å²) in [6.45, 7) is 1.75. The zero-order valence-corrected chi connectivity index (χ0v) is 18.7. The number of carbonyl (C=O) groups excluding carboxylic acids is 2. The molecule has 3 aromatic carbocycles. The lowest BCUT2D eigenvalue weighted by molar-refractivity contribution is -0.135. The van der Waals surface area contributed by atoms with Gasteiger partial charge in [-0.1, -0.05) is 54.6 Å². The molecule has 0 bridgehead atoms. The number of benzene rings is 3. The Labute approximate surface area is 188 Å². The van der Waals surface area contributed by atoms with Crippen LogP contribution in [0.25, 0.3) is 10.8 Å². The van der Waals surface area contributed by atoms with Crippen molar-refractivity contribution in [3.05, 3.63) is 77.9 Å². The number of nitrogens with zero attached hydrogens (tertiary/aromatic N) is 1.